The number of aromatic hydroxyl groups is 1. The summed E-state index contributed by atoms with van der Waals surface area (Å²) >= 11 is 0. The molecule has 0 unspecified atom stereocenters. The lowest BCUT2D eigenvalue weighted by molar-refractivity contribution is 0.153. The van der Waals surface area contributed by atoms with Gasteiger partial charge in [-0.25, -0.2) is 0 Å². The predicted molar refractivity (Wildman–Crippen MR) is 102 cm³/mol. The van der Waals surface area contributed by atoms with Crippen LogP contribution in [-0.4, -0.2) is 36.2 Å². The van der Waals surface area contributed by atoms with E-state index in [9.17, 15) is 5.11 Å². The smallest absolute Gasteiger partial charge is 0.122 e. The number of benzene rings is 2. The summed E-state index contributed by atoms with van der Waals surface area (Å²) in [7, 11) is 2.22. The van der Waals surface area contributed by atoms with Crippen LogP contribution in [0.4, 0.5) is 0 Å². The third kappa shape index (κ3) is 4.76. The maximum Gasteiger partial charge on any atom is 0.122 e. The standard InChI is InChI=1S/C22H29NO2/c1-17-5-3-4-6-22(17)25-16-15-23(2)20-11-7-18(8-12-20)19-9-13-21(24)14-10-19/h3-6,9-10,13-14,18,20,24H,7-8,11-12,15-16H2,1-2H3. The van der Waals surface area contributed by atoms with Crippen LogP contribution in [0.3, 0.4) is 0 Å². The van der Waals surface area contributed by atoms with Crippen molar-refractivity contribution in [2.24, 2.45) is 0 Å². The highest BCUT2D eigenvalue weighted by atomic mass is 16.5. The minimum atomic E-state index is 0.353. The lowest BCUT2D eigenvalue weighted by Gasteiger charge is -2.34. The van der Waals surface area contributed by atoms with Gasteiger partial charge in [-0.2, -0.15) is 0 Å². The minimum Gasteiger partial charge on any atom is -0.508 e. The van der Waals surface area contributed by atoms with Crippen molar-refractivity contribution < 1.29 is 9.84 Å². The van der Waals surface area contributed by atoms with Gasteiger partial charge in [-0.15, -0.1) is 0 Å². The molecule has 1 saturated carbocycles. The Morgan fingerprint density at radius 3 is 2.36 bits per heavy atom. The Balaban J connectivity index is 1.43. The molecule has 3 heteroatoms. The molecule has 1 fully saturated rings. The first-order valence-corrected chi connectivity index (χ1v) is 9.31. The van der Waals surface area contributed by atoms with Crippen LogP contribution in [0.25, 0.3) is 0 Å². The molecule has 0 bridgehead atoms. The Bertz CT molecular complexity index is 660. The summed E-state index contributed by atoms with van der Waals surface area (Å²) in [5, 5.41) is 9.43. The molecule has 2 aromatic rings. The van der Waals surface area contributed by atoms with Crippen LogP contribution in [0.15, 0.2) is 48.5 Å². The van der Waals surface area contributed by atoms with Gasteiger partial charge >= 0.3 is 0 Å². The summed E-state index contributed by atoms with van der Waals surface area (Å²) in [5.41, 5.74) is 2.56. The second-order valence-electron chi connectivity index (χ2n) is 7.19. The Morgan fingerprint density at radius 1 is 1.00 bits per heavy atom. The predicted octanol–water partition coefficient (Wildman–Crippen LogP) is 4.74. The average Bonchev–Trinajstić information content (AvgIpc) is 2.64. The van der Waals surface area contributed by atoms with Crippen LogP contribution in [0.1, 0.15) is 42.7 Å². The van der Waals surface area contributed by atoms with Crippen molar-refractivity contribution in [1.82, 2.24) is 4.90 Å². The van der Waals surface area contributed by atoms with Gasteiger partial charge < -0.3 is 14.7 Å². The van der Waals surface area contributed by atoms with E-state index in [2.05, 4.69) is 37.1 Å². The minimum absolute atomic E-state index is 0.353. The molecule has 0 atom stereocenters. The molecule has 0 spiro atoms. The first-order chi connectivity index (χ1) is 12.1. The fourth-order valence-corrected chi connectivity index (χ4v) is 3.80. The number of hydrogen-bond donors (Lipinski definition) is 1. The topological polar surface area (TPSA) is 32.7 Å². The van der Waals surface area contributed by atoms with Crippen LogP contribution in [0.5, 0.6) is 11.5 Å². The maximum atomic E-state index is 9.43. The van der Waals surface area contributed by atoms with Gasteiger partial charge in [0.25, 0.3) is 0 Å². The normalized spacial score (nSPS) is 20.6. The van der Waals surface area contributed by atoms with Crippen molar-refractivity contribution in [2.75, 3.05) is 20.2 Å². The van der Waals surface area contributed by atoms with Gasteiger partial charge in [-0.3, -0.25) is 0 Å². The van der Waals surface area contributed by atoms with Crippen LogP contribution < -0.4 is 4.74 Å². The van der Waals surface area contributed by atoms with Crippen LogP contribution >= 0.6 is 0 Å². The van der Waals surface area contributed by atoms with Crippen molar-refractivity contribution in [3.63, 3.8) is 0 Å². The molecule has 0 aromatic heterocycles. The first kappa shape index (κ1) is 17.8. The van der Waals surface area contributed by atoms with Gasteiger partial charge in [0, 0.05) is 12.6 Å². The number of hydrogen-bond acceptors (Lipinski definition) is 3. The average molecular weight is 339 g/mol. The molecule has 134 valence electrons. The number of phenolic OH excluding ortho intramolecular Hbond substituents is 1. The third-order valence-corrected chi connectivity index (χ3v) is 5.48. The van der Waals surface area contributed by atoms with E-state index in [4.69, 9.17) is 4.74 Å². The lowest BCUT2D eigenvalue weighted by Crippen LogP contribution is -2.37. The van der Waals surface area contributed by atoms with E-state index in [1.807, 2.05) is 18.2 Å². The van der Waals surface area contributed by atoms with E-state index in [0.29, 0.717) is 17.7 Å². The summed E-state index contributed by atoms with van der Waals surface area (Å²) in [6.45, 7) is 3.78. The van der Waals surface area contributed by atoms with Crippen molar-refractivity contribution in [2.45, 2.75) is 44.6 Å². The monoisotopic (exact) mass is 339 g/mol. The molecule has 2 aromatic carbocycles. The fourth-order valence-electron chi connectivity index (χ4n) is 3.80. The Kier molecular flexibility index (Phi) is 5.98. The zero-order valence-electron chi connectivity index (χ0n) is 15.3. The van der Waals surface area contributed by atoms with E-state index >= 15 is 0 Å². The van der Waals surface area contributed by atoms with Crippen molar-refractivity contribution in [3.8, 4) is 11.5 Å². The molecule has 1 aliphatic carbocycles. The molecule has 0 radical (unpaired) electrons. The molecular weight excluding hydrogens is 310 g/mol. The van der Waals surface area contributed by atoms with Crippen molar-refractivity contribution in [3.05, 3.63) is 59.7 Å². The molecule has 3 rings (SSSR count). The molecule has 0 amide bonds. The van der Waals surface area contributed by atoms with E-state index in [1.165, 1.54) is 36.8 Å². The maximum absolute atomic E-state index is 9.43. The largest absolute Gasteiger partial charge is 0.508 e. The highest BCUT2D eigenvalue weighted by Crippen LogP contribution is 2.34. The molecule has 1 aliphatic rings. The number of phenols is 1. The zero-order chi connectivity index (χ0) is 17.6. The lowest BCUT2D eigenvalue weighted by atomic mass is 9.81. The Labute approximate surface area is 151 Å². The van der Waals surface area contributed by atoms with Crippen molar-refractivity contribution >= 4 is 0 Å². The van der Waals surface area contributed by atoms with Crippen LogP contribution in [-0.2, 0) is 0 Å². The number of aryl methyl sites for hydroxylation is 1. The summed E-state index contributed by atoms with van der Waals surface area (Å²) < 4.78 is 5.93. The third-order valence-electron chi connectivity index (χ3n) is 5.48. The summed E-state index contributed by atoms with van der Waals surface area (Å²) in [6.07, 6.45) is 4.90. The molecular formula is C22H29NO2. The molecule has 1 N–H and O–H groups in total. The molecule has 0 aliphatic heterocycles. The highest BCUT2D eigenvalue weighted by Gasteiger charge is 2.24. The number of para-hydroxylation sites is 1. The van der Waals surface area contributed by atoms with Crippen LogP contribution in [0.2, 0.25) is 0 Å². The van der Waals surface area contributed by atoms with E-state index in [1.54, 1.807) is 12.1 Å². The van der Waals surface area contributed by atoms with Gasteiger partial charge in [0.2, 0.25) is 0 Å². The second kappa shape index (κ2) is 8.39. The molecule has 0 heterocycles. The number of rotatable bonds is 6. The molecule has 0 saturated heterocycles. The summed E-state index contributed by atoms with van der Waals surface area (Å²) in [6, 6.07) is 16.6. The van der Waals surface area contributed by atoms with E-state index < -0.39 is 0 Å². The van der Waals surface area contributed by atoms with Gasteiger partial charge in [0.1, 0.15) is 18.1 Å². The summed E-state index contributed by atoms with van der Waals surface area (Å²) in [5.74, 6) is 1.98. The van der Waals surface area contributed by atoms with Gasteiger partial charge in [0.05, 0.1) is 0 Å². The van der Waals surface area contributed by atoms with E-state index in [0.717, 1.165) is 18.9 Å². The molecule has 25 heavy (non-hydrogen) atoms. The fraction of sp³-hybridized carbons (Fsp3) is 0.455. The Hall–Kier alpha value is -2.00. The SMILES string of the molecule is Cc1ccccc1OCCN(C)C1CCC(c2ccc(O)cc2)CC1. The number of ether oxygens (including phenoxy) is 1. The van der Waals surface area contributed by atoms with Gasteiger partial charge in [-0.1, -0.05) is 30.3 Å². The van der Waals surface area contributed by atoms with E-state index in [-0.39, 0.29) is 0 Å². The quantitative estimate of drug-likeness (QED) is 0.825. The van der Waals surface area contributed by atoms with Gasteiger partial charge in [-0.05, 0) is 74.9 Å². The Morgan fingerprint density at radius 2 is 1.68 bits per heavy atom. The second-order valence-corrected chi connectivity index (χ2v) is 7.19. The molecule has 3 nitrogen and oxygen atoms in total. The highest BCUT2D eigenvalue weighted by molar-refractivity contribution is 5.31. The first-order valence-electron chi connectivity index (χ1n) is 9.31. The van der Waals surface area contributed by atoms with Crippen LogP contribution in [0, 0.1) is 6.92 Å². The number of nitrogens with zero attached hydrogens (tertiary/aromatic N) is 1. The van der Waals surface area contributed by atoms with Gasteiger partial charge in [0.15, 0.2) is 0 Å². The van der Waals surface area contributed by atoms with Crippen molar-refractivity contribution in [1.29, 1.82) is 0 Å². The number of likely N-dealkylation sites (N-methyl/N-ethyl adjacent to an activating group) is 1. The summed E-state index contributed by atoms with van der Waals surface area (Å²) in [4.78, 5) is 2.45. The zero-order valence-corrected chi connectivity index (χ0v) is 15.3.